The predicted octanol–water partition coefficient (Wildman–Crippen LogP) is 3.53. The molecule has 0 N–H and O–H groups in total. The van der Waals surface area contributed by atoms with Gasteiger partial charge >= 0.3 is 0 Å². The van der Waals surface area contributed by atoms with E-state index in [1.807, 2.05) is 44.2 Å². The third-order valence-corrected chi connectivity index (χ3v) is 5.04. The van der Waals surface area contributed by atoms with Gasteiger partial charge < -0.3 is 9.64 Å². The Balaban J connectivity index is 1.74. The Hall–Kier alpha value is -1.11. The van der Waals surface area contributed by atoms with Crippen molar-refractivity contribution >= 4 is 44.8 Å². The van der Waals surface area contributed by atoms with Crippen LogP contribution < -0.4 is 0 Å². The minimum atomic E-state index is -0.158. The Labute approximate surface area is 142 Å². The number of benzene rings is 1. The first kappa shape index (κ1) is 15.8. The lowest BCUT2D eigenvalue weighted by molar-refractivity contribution is -0.113. The van der Waals surface area contributed by atoms with Gasteiger partial charge in [-0.3, -0.25) is 4.79 Å². The maximum atomic E-state index is 12.1. The van der Waals surface area contributed by atoms with Crippen molar-refractivity contribution in [1.82, 2.24) is 4.90 Å². The molecule has 2 unspecified atom stereocenters. The normalized spacial score (nSPS) is 27.4. The van der Waals surface area contributed by atoms with Gasteiger partial charge in [-0.05, 0) is 49.4 Å². The van der Waals surface area contributed by atoms with Crippen molar-refractivity contribution < 1.29 is 9.53 Å². The van der Waals surface area contributed by atoms with Gasteiger partial charge in [0.05, 0.1) is 17.1 Å². The molecule has 3 rings (SSSR count). The molecule has 22 heavy (non-hydrogen) atoms. The molecule has 2 aliphatic rings. The SMILES string of the molecule is CC1CN(C2=NC(=O)/C(=C\c3ccc(Br)cc3)S2)CC(C)O1. The van der Waals surface area contributed by atoms with Crippen LogP contribution in [0.1, 0.15) is 19.4 Å². The van der Waals surface area contributed by atoms with Crippen LogP contribution in [0.5, 0.6) is 0 Å². The van der Waals surface area contributed by atoms with Crippen molar-refractivity contribution in [2.75, 3.05) is 13.1 Å². The maximum absolute atomic E-state index is 12.1. The molecule has 0 aromatic heterocycles. The first-order valence-corrected chi connectivity index (χ1v) is 8.81. The van der Waals surface area contributed by atoms with Crippen molar-refractivity contribution in [3.05, 3.63) is 39.2 Å². The molecule has 0 bridgehead atoms. The second-order valence-corrected chi connectivity index (χ2v) is 7.45. The standard InChI is InChI=1S/C16H17BrN2O2S/c1-10-8-19(9-11(2)21-10)16-18-15(20)14(22-16)7-12-3-5-13(17)6-4-12/h3-7,10-11H,8-9H2,1-2H3/b14-7+. The van der Waals surface area contributed by atoms with Crippen LogP contribution in [0.4, 0.5) is 0 Å². The topological polar surface area (TPSA) is 41.9 Å². The van der Waals surface area contributed by atoms with E-state index in [1.54, 1.807) is 0 Å². The summed E-state index contributed by atoms with van der Waals surface area (Å²) in [5.74, 6) is -0.158. The van der Waals surface area contributed by atoms with E-state index in [9.17, 15) is 4.79 Å². The van der Waals surface area contributed by atoms with E-state index < -0.39 is 0 Å². The molecule has 2 atom stereocenters. The molecule has 1 fully saturated rings. The summed E-state index contributed by atoms with van der Waals surface area (Å²) in [7, 11) is 0. The zero-order valence-corrected chi connectivity index (χ0v) is 14.9. The van der Waals surface area contributed by atoms with Crippen LogP contribution >= 0.6 is 27.7 Å². The highest BCUT2D eigenvalue weighted by molar-refractivity contribution is 9.10. The molecule has 1 aromatic rings. The summed E-state index contributed by atoms with van der Waals surface area (Å²) in [6.07, 6.45) is 2.20. The molecule has 116 valence electrons. The summed E-state index contributed by atoms with van der Waals surface area (Å²) in [4.78, 5) is 19.1. The Morgan fingerprint density at radius 2 is 1.91 bits per heavy atom. The number of nitrogens with zero attached hydrogens (tertiary/aromatic N) is 2. The van der Waals surface area contributed by atoms with E-state index in [4.69, 9.17) is 4.74 Å². The Kier molecular flexibility index (Phi) is 4.70. The van der Waals surface area contributed by atoms with Crippen LogP contribution in [-0.4, -0.2) is 41.3 Å². The quantitative estimate of drug-likeness (QED) is 0.698. The van der Waals surface area contributed by atoms with E-state index in [2.05, 4.69) is 25.8 Å². The van der Waals surface area contributed by atoms with Gasteiger partial charge in [0.15, 0.2) is 5.17 Å². The van der Waals surface area contributed by atoms with Crippen LogP contribution in [-0.2, 0) is 9.53 Å². The number of morpholine rings is 1. The number of ether oxygens (including phenoxy) is 1. The van der Waals surface area contributed by atoms with Crippen LogP contribution in [0.25, 0.3) is 6.08 Å². The molecule has 4 nitrogen and oxygen atoms in total. The van der Waals surface area contributed by atoms with Crippen molar-refractivity contribution in [2.45, 2.75) is 26.1 Å². The average molecular weight is 381 g/mol. The zero-order valence-electron chi connectivity index (χ0n) is 12.5. The molecule has 0 radical (unpaired) electrons. The number of hydrogen-bond donors (Lipinski definition) is 0. The number of carbonyl (C=O) groups is 1. The molecule has 1 saturated heterocycles. The van der Waals surface area contributed by atoms with E-state index in [0.29, 0.717) is 4.91 Å². The largest absolute Gasteiger partial charge is 0.372 e. The van der Waals surface area contributed by atoms with E-state index in [1.165, 1.54) is 11.8 Å². The second-order valence-electron chi connectivity index (χ2n) is 5.52. The molecule has 2 aliphatic heterocycles. The number of amides is 1. The molecule has 1 amide bonds. The second kappa shape index (κ2) is 6.56. The first-order chi connectivity index (χ1) is 10.5. The van der Waals surface area contributed by atoms with Crippen LogP contribution in [0.15, 0.2) is 38.6 Å². The summed E-state index contributed by atoms with van der Waals surface area (Å²) in [6, 6.07) is 7.87. The fourth-order valence-corrected chi connectivity index (χ4v) is 3.77. The minimum Gasteiger partial charge on any atom is -0.372 e. The molecule has 1 aromatic carbocycles. The molecule has 0 spiro atoms. The van der Waals surface area contributed by atoms with Gasteiger partial charge in [0.25, 0.3) is 5.91 Å². The number of amidine groups is 1. The third kappa shape index (κ3) is 3.62. The lowest BCUT2D eigenvalue weighted by Gasteiger charge is -2.35. The monoisotopic (exact) mass is 380 g/mol. The van der Waals surface area contributed by atoms with Crippen molar-refractivity contribution in [3.63, 3.8) is 0 Å². The Bertz CT molecular complexity index is 632. The minimum absolute atomic E-state index is 0.154. The molecule has 0 aliphatic carbocycles. The van der Waals surface area contributed by atoms with E-state index in [-0.39, 0.29) is 18.1 Å². The highest BCUT2D eigenvalue weighted by Gasteiger charge is 2.30. The fraction of sp³-hybridized carbons (Fsp3) is 0.375. The number of carbonyl (C=O) groups excluding carboxylic acids is 1. The van der Waals surface area contributed by atoms with Gasteiger partial charge in [0.2, 0.25) is 0 Å². The molecule has 0 saturated carbocycles. The average Bonchev–Trinajstić information content (AvgIpc) is 2.82. The van der Waals surface area contributed by atoms with Gasteiger partial charge in [0, 0.05) is 17.6 Å². The number of aliphatic imine (C=N–C) groups is 1. The van der Waals surface area contributed by atoms with Gasteiger partial charge in [0.1, 0.15) is 0 Å². The third-order valence-electron chi connectivity index (χ3n) is 3.47. The van der Waals surface area contributed by atoms with Gasteiger partial charge in [-0.15, -0.1) is 0 Å². The highest BCUT2D eigenvalue weighted by atomic mass is 79.9. The molecule has 2 heterocycles. The fourth-order valence-electron chi connectivity index (χ4n) is 2.58. The van der Waals surface area contributed by atoms with Gasteiger partial charge in [-0.1, -0.05) is 28.1 Å². The summed E-state index contributed by atoms with van der Waals surface area (Å²) in [5, 5.41) is 0.787. The zero-order chi connectivity index (χ0) is 15.7. The number of rotatable bonds is 1. The van der Waals surface area contributed by atoms with Crippen molar-refractivity contribution in [3.8, 4) is 0 Å². The first-order valence-electron chi connectivity index (χ1n) is 7.20. The van der Waals surface area contributed by atoms with Crippen molar-refractivity contribution in [2.24, 2.45) is 4.99 Å². The predicted molar refractivity (Wildman–Crippen MR) is 93.7 cm³/mol. The maximum Gasteiger partial charge on any atom is 0.286 e. The Morgan fingerprint density at radius 1 is 1.27 bits per heavy atom. The lowest BCUT2D eigenvalue weighted by Crippen LogP contribution is -2.47. The van der Waals surface area contributed by atoms with Crippen LogP contribution in [0.3, 0.4) is 0 Å². The van der Waals surface area contributed by atoms with Crippen LogP contribution in [0.2, 0.25) is 0 Å². The molecule has 6 heteroatoms. The van der Waals surface area contributed by atoms with Gasteiger partial charge in [-0.25, -0.2) is 0 Å². The van der Waals surface area contributed by atoms with E-state index >= 15 is 0 Å². The number of halogens is 1. The summed E-state index contributed by atoms with van der Waals surface area (Å²) >= 11 is 4.86. The molecular formula is C16H17BrN2O2S. The van der Waals surface area contributed by atoms with E-state index in [0.717, 1.165) is 28.3 Å². The highest BCUT2D eigenvalue weighted by Crippen LogP contribution is 2.31. The lowest BCUT2D eigenvalue weighted by atomic mass is 10.2. The van der Waals surface area contributed by atoms with Crippen molar-refractivity contribution in [1.29, 1.82) is 0 Å². The summed E-state index contributed by atoms with van der Waals surface area (Å²) in [6.45, 7) is 5.64. The number of hydrogen-bond acceptors (Lipinski definition) is 4. The number of thioether (sulfide) groups is 1. The summed E-state index contributed by atoms with van der Waals surface area (Å²) in [5.41, 5.74) is 0.999. The van der Waals surface area contributed by atoms with Crippen LogP contribution in [0, 0.1) is 0 Å². The van der Waals surface area contributed by atoms with Gasteiger partial charge in [-0.2, -0.15) is 4.99 Å². The molecular weight excluding hydrogens is 364 g/mol. The summed E-state index contributed by atoms with van der Waals surface area (Å²) < 4.78 is 6.75. The smallest absolute Gasteiger partial charge is 0.286 e. The Morgan fingerprint density at radius 3 is 2.55 bits per heavy atom.